The minimum Gasteiger partial charge on any atom is -0.450 e. The molecule has 1 saturated heterocycles. The fourth-order valence-electron chi connectivity index (χ4n) is 3.03. The molecule has 154 valence electrons. The Hall–Kier alpha value is -3.14. The fraction of sp³-hybridized carbons (Fsp3) is 0.389. The molecule has 1 fully saturated rings. The van der Waals surface area contributed by atoms with Crippen molar-refractivity contribution >= 4 is 35.0 Å². The molecule has 2 heterocycles. The van der Waals surface area contributed by atoms with Crippen LogP contribution < -0.4 is 10.2 Å². The molecule has 10 nitrogen and oxygen atoms in total. The highest BCUT2D eigenvalue weighted by Crippen LogP contribution is 2.32. The zero-order valence-electron chi connectivity index (χ0n) is 15.9. The first kappa shape index (κ1) is 20.6. The molecule has 2 aromatic rings. The average molecular weight is 421 g/mol. The van der Waals surface area contributed by atoms with E-state index in [0.717, 1.165) is 5.56 Å². The van der Waals surface area contributed by atoms with Gasteiger partial charge in [-0.15, -0.1) is 0 Å². The van der Waals surface area contributed by atoms with E-state index in [1.54, 1.807) is 22.8 Å². The van der Waals surface area contributed by atoms with Gasteiger partial charge < -0.3 is 19.9 Å². The average Bonchev–Trinajstić information content (AvgIpc) is 2.73. The minimum atomic E-state index is -0.498. The highest BCUT2D eigenvalue weighted by Gasteiger charge is 2.30. The smallest absolute Gasteiger partial charge is 0.409 e. The van der Waals surface area contributed by atoms with Gasteiger partial charge in [-0.2, -0.15) is 0 Å². The van der Waals surface area contributed by atoms with Crippen molar-refractivity contribution in [2.75, 3.05) is 43.0 Å². The van der Waals surface area contributed by atoms with Crippen LogP contribution in [0.1, 0.15) is 12.5 Å². The third-order valence-electron chi connectivity index (χ3n) is 4.49. The topological polar surface area (TPSA) is 114 Å². The Morgan fingerprint density at radius 2 is 2.00 bits per heavy atom. The van der Waals surface area contributed by atoms with E-state index in [2.05, 4.69) is 15.3 Å². The zero-order chi connectivity index (χ0) is 20.8. The Bertz CT molecular complexity index is 888. The van der Waals surface area contributed by atoms with Gasteiger partial charge in [0.25, 0.3) is 0 Å². The van der Waals surface area contributed by atoms with E-state index in [1.807, 2.05) is 18.2 Å². The second kappa shape index (κ2) is 9.37. The first-order valence-electron chi connectivity index (χ1n) is 9.14. The van der Waals surface area contributed by atoms with Gasteiger partial charge >= 0.3 is 11.8 Å². The van der Waals surface area contributed by atoms with Gasteiger partial charge in [-0.3, -0.25) is 10.1 Å². The van der Waals surface area contributed by atoms with Gasteiger partial charge in [-0.25, -0.2) is 14.8 Å². The third-order valence-corrected chi connectivity index (χ3v) is 4.86. The molecule has 0 radical (unpaired) electrons. The van der Waals surface area contributed by atoms with Crippen LogP contribution in [0.4, 0.5) is 22.1 Å². The van der Waals surface area contributed by atoms with Crippen LogP contribution in [0.3, 0.4) is 0 Å². The number of hydrogen-bond donors (Lipinski definition) is 1. The van der Waals surface area contributed by atoms with Crippen molar-refractivity contribution in [1.29, 1.82) is 0 Å². The number of nitrogens with zero attached hydrogens (tertiary/aromatic N) is 5. The first-order chi connectivity index (χ1) is 14.0. The molecule has 1 aliphatic heterocycles. The molecule has 11 heteroatoms. The van der Waals surface area contributed by atoms with Crippen LogP contribution in [0.5, 0.6) is 0 Å². The molecule has 1 aliphatic rings. The number of nitrogens with one attached hydrogen (secondary N) is 1. The highest BCUT2D eigenvalue weighted by molar-refractivity contribution is 6.31. The second-order valence-electron chi connectivity index (χ2n) is 6.27. The Morgan fingerprint density at radius 3 is 2.66 bits per heavy atom. The van der Waals surface area contributed by atoms with Crippen LogP contribution in [-0.2, 0) is 11.3 Å². The summed E-state index contributed by atoms with van der Waals surface area (Å²) in [6, 6.07) is 7.23. The molecule has 1 aromatic carbocycles. The summed E-state index contributed by atoms with van der Waals surface area (Å²) in [7, 11) is 0. The Kier molecular flexibility index (Phi) is 6.65. The van der Waals surface area contributed by atoms with E-state index in [-0.39, 0.29) is 30.0 Å². The number of carbonyl (C=O) groups excluding carboxylic acids is 1. The maximum atomic E-state index is 11.8. The summed E-state index contributed by atoms with van der Waals surface area (Å²) in [4.78, 5) is 34.7. The maximum absolute atomic E-state index is 11.8. The van der Waals surface area contributed by atoms with Crippen molar-refractivity contribution in [3.63, 3.8) is 0 Å². The van der Waals surface area contributed by atoms with Crippen LogP contribution in [0.15, 0.2) is 30.6 Å². The van der Waals surface area contributed by atoms with E-state index < -0.39 is 4.92 Å². The molecule has 3 rings (SSSR count). The summed E-state index contributed by atoms with van der Waals surface area (Å²) in [6.07, 6.45) is 0.904. The number of aromatic nitrogens is 2. The molecule has 0 aliphatic carbocycles. The molecule has 0 spiro atoms. The normalized spacial score (nSPS) is 13.9. The summed E-state index contributed by atoms with van der Waals surface area (Å²) in [5, 5.41) is 15.3. The van der Waals surface area contributed by atoms with Crippen molar-refractivity contribution in [2.45, 2.75) is 13.5 Å². The molecule has 0 unspecified atom stereocenters. The number of hydrogen-bond acceptors (Lipinski definition) is 8. The number of carbonyl (C=O) groups is 1. The molecule has 0 saturated carbocycles. The summed E-state index contributed by atoms with van der Waals surface area (Å²) < 4.78 is 5.00. The van der Waals surface area contributed by atoms with E-state index in [4.69, 9.17) is 16.3 Å². The first-order valence-corrected chi connectivity index (χ1v) is 9.52. The lowest BCUT2D eigenvalue weighted by molar-refractivity contribution is -0.383. The largest absolute Gasteiger partial charge is 0.450 e. The van der Waals surface area contributed by atoms with Crippen molar-refractivity contribution < 1.29 is 14.5 Å². The van der Waals surface area contributed by atoms with Gasteiger partial charge in [-0.05, 0) is 18.6 Å². The van der Waals surface area contributed by atoms with Gasteiger partial charge in [0.15, 0.2) is 0 Å². The fourth-order valence-corrected chi connectivity index (χ4v) is 3.24. The van der Waals surface area contributed by atoms with Crippen molar-refractivity contribution in [1.82, 2.24) is 14.9 Å². The van der Waals surface area contributed by atoms with Crippen LogP contribution in [0, 0.1) is 10.1 Å². The molecule has 0 atom stereocenters. The van der Waals surface area contributed by atoms with E-state index in [1.165, 1.54) is 6.33 Å². The van der Waals surface area contributed by atoms with Crippen molar-refractivity contribution in [2.24, 2.45) is 0 Å². The van der Waals surface area contributed by atoms with E-state index in [9.17, 15) is 14.9 Å². The van der Waals surface area contributed by atoms with Crippen molar-refractivity contribution in [3.05, 3.63) is 51.3 Å². The van der Waals surface area contributed by atoms with Crippen LogP contribution in [0.25, 0.3) is 0 Å². The number of benzene rings is 1. The van der Waals surface area contributed by atoms with Crippen LogP contribution in [0.2, 0.25) is 5.02 Å². The van der Waals surface area contributed by atoms with Crippen molar-refractivity contribution in [3.8, 4) is 0 Å². The number of halogens is 1. The molecule has 1 amide bonds. The highest BCUT2D eigenvalue weighted by atomic mass is 35.5. The predicted octanol–water partition coefficient (Wildman–Crippen LogP) is 2.93. The van der Waals surface area contributed by atoms with Gasteiger partial charge in [0.05, 0.1) is 11.5 Å². The zero-order valence-corrected chi connectivity index (χ0v) is 16.6. The number of rotatable bonds is 6. The summed E-state index contributed by atoms with van der Waals surface area (Å²) in [5.74, 6) is 0.336. The molecule has 1 N–H and O–H groups in total. The number of ether oxygens (including phenoxy) is 1. The third kappa shape index (κ3) is 4.83. The predicted molar refractivity (Wildman–Crippen MR) is 108 cm³/mol. The van der Waals surface area contributed by atoms with E-state index >= 15 is 0 Å². The lowest BCUT2D eigenvalue weighted by Crippen LogP contribution is -2.49. The summed E-state index contributed by atoms with van der Waals surface area (Å²) in [6.45, 7) is 3.92. The Labute approximate surface area is 172 Å². The number of piperazine rings is 1. The monoisotopic (exact) mass is 420 g/mol. The Balaban J connectivity index is 1.76. The number of nitro groups is 1. The van der Waals surface area contributed by atoms with Gasteiger partial charge in [0, 0.05) is 37.7 Å². The maximum Gasteiger partial charge on any atom is 0.409 e. The molecule has 29 heavy (non-hydrogen) atoms. The minimum absolute atomic E-state index is 0.118. The lowest BCUT2D eigenvalue weighted by atomic mass is 10.2. The lowest BCUT2D eigenvalue weighted by Gasteiger charge is -2.34. The summed E-state index contributed by atoms with van der Waals surface area (Å²) >= 11 is 6.15. The number of amides is 1. The SMILES string of the molecule is CCOC(=O)N1CCN(c2ncnc(NCc3ccccc3Cl)c2[N+](=O)[O-])CC1. The number of anilines is 2. The van der Waals surface area contributed by atoms with Crippen LogP contribution in [-0.4, -0.2) is 58.7 Å². The van der Waals surface area contributed by atoms with E-state index in [0.29, 0.717) is 37.8 Å². The molecule has 0 bridgehead atoms. The van der Waals surface area contributed by atoms with Gasteiger partial charge in [0.2, 0.25) is 11.6 Å². The second-order valence-corrected chi connectivity index (χ2v) is 6.68. The van der Waals surface area contributed by atoms with Crippen LogP contribution >= 0.6 is 11.6 Å². The standard InChI is InChI=1S/C18H21ClN6O4/c1-2-29-18(26)24-9-7-23(8-10-24)17-15(25(27)28)16(21-12-22-17)20-11-13-5-3-4-6-14(13)19/h3-6,12H,2,7-11H2,1H3,(H,20,21,22). The molecular formula is C18H21ClN6O4. The Morgan fingerprint density at radius 1 is 1.28 bits per heavy atom. The molecule has 1 aromatic heterocycles. The summed E-state index contributed by atoms with van der Waals surface area (Å²) in [5.41, 5.74) is 0.593. The molecular weight excluding hydrogens is 400 g/mol. The quantitative estimate of drug-likeness (QED) is 0.560. The van der Waals surface area contributed by atoms with Gasteiger partial charge in [-0.1, -0.05) is 29.8 Å². The van der Waals surface area contributed by atoms with Gasteiger partial charge in [0.1, 0.15) is 6.33 Å².